The standard InChI is InChI=1S/C16H24N2O/c1-2-13-3-4-15-14(11-13)5-6-16(19-15)7-9-18(12-16)10-8-17/h3-4,11H,2,5-10,12,17H2,1H3. The zero-order valence-electron chi connectivity index (χ0n) is 11.8. The van der Waals surface area contributed by atoms with Crippen molar-refractivity contribution < 1.29 is 4.74 Å². The molecule has 0 amide bonds. The number of rotatable bonds is 3. The fourth-order valence-electron chi connectivity index (χ4n) is 3.38. The van der Waals surface area contributed by atoms with Gasteiger partial charge in [-0.2, -0.15) is 0 Å². The smallest absolute Gasteiger partial charge is 0.123 e. The summed E-state index contributed by atoms with van der Waals surface area (Å²) >= 11 is 0. The molecule has 0 saturated carbocycles. The van der Waals surface area contributed by atoms with E-state index in [4.69, 9.17) is 10.5 Å². The van der Waals surface area contributed by atoms with E-state index >= 15 is 0 Å². The number of fused-ring (bicyclic) bond motifs is 1. The van der Waals surface area contributed by atoms with Crippen molar-refractivity contribution in [3.05, 3.63) is 29.3 Å². The molecule has 1 aromatic carbocycles. The summed E-state index contributed by atoms with van der Waals surface area (Å²) in [6, 6.07) is 6.68. The largest absolute Gasteiger partial charge is 0.486 e. The van der Waals surface area contributed by atoms with Crippen LogP contribution in [0.5, 0.6) is 5.75 Å². The van der Waals surface area contributed by atoms with Crippen LogP contribution >= 0.6 is 0 Å². The van der Waals surface area contributed by atoms with Gasteiger partial charge < -0.3 is 10.5 Å². The van der Waals surface area contributed by atoms with Gasteiger partial charge in [-0.1, -0.05) is 19.1 Å². The molecule has 2 aliphatic rings. The van der Waals surface area contributed by atoms with Crippen LogP contribution in [0.3, 0.4) is 0 Å². The Hall–Kier alpha value is -1.06. The van der Waals surface area contributed by atoms with Crippen LogP contribution in [0.1, 0.15) is 30.9 Å². The summed E-state index contributed by atoms with van der Waals surface area (Å²) in [4.78, 5) is 2.44. The summed E-state index contributed by atoms with van der Waals surface area (Å²) in [5.41, 5.74) is 8.51. The molecule has 1 spiro atoms. The lowest BCUT2D eigenvalue weighted by Gasteiger charge is -2.36. The topological polar surface area (TPSA) is 38.5 Å². The van der Waals surface area contributed by atoms with Crippen molar-refractivity contribution >= 4 is 0 Å². The van der Waals surface area contributed by atoms with Gasteiger partial charge in [0.05, 0.1) is 0 Å². The zero-order valence-corrected chi connectivity index (χ0v) is 11.8. The molecule has 3 heteroatoms. The van der Waals surface area contributed by atoms with Gasteiger partial charge in [-0.25, -0.2) is 0 Å². The highest BCUT2D eigenvalue weighted by molar-refractivity contribution is 5.40. The van der Waals surface area contributed by atoms with E-state index in [-0.39, 0.29) is 5.60 Å². The maximum absolute atomic E-state index is 6.37. The molecule has 0 aliphatic carbocycles. The number of benzene rings is 1. The van der Waals surface area contributed by atoms with Gasteiger partial charge in [0.2, 0.25) is 0 Å². The third-order valence-corrected chi connectivity index (χ3v) is 4.55. The lowest BCUT2D eigenvalue weighted by Crippen LogP contribution is -2.43. The van der Waals surface area contributed by atoms with Crippen LogP contribution < -0.4 is 10.5 Å². The van der Waals surface area contributed by atoms with Crippen LogP contribution in [0, 0.1) is 0 Å². The Bertz CT molecular complexity index is 460. The Kier molecular flexibility index (Phi) is 3.50. The molecule has 1 aromatic rings. The van der Waals surface area contributed by atoms with Crippen LogP contribution in [0.2, 0.25) is 0 Å². The van der Waals surface area contributed by atoms with E-state index in [9.17, 15) is 0 Å². The summed E-state index contributed by atoms with van der Waals surface area (Å²) < 4.78 is 6.37. The third kappa shape index (κ3) is 2.49. The molecule has 3 rings (SSSR count). The molecule has 0 bridgehead atoms. The number of nitrogens with zero attached hydrogens (tertiary/aromatic N) is 1. The number of likely N-dealkylation sites (tertiary alicyclic amines) is 1. The molecule has 1 saturated heterocycles. The quantitative estimate of drug-likeness (QED) is 0.903. The van der Waals surface area contributed by atoms with E-state index in [1.807, 2.05) is 0 Å². The highest BCUT2D eigenvalue weighted by Crippen LogP contribution is 2.38. The number of hydrogen-bond acceptors (Lipinski definition) is 3. The molecule has 0 radical (unpaired) electrons. The van der Waals surface area contributed by atoms with Crippen molar-refractivity contribution in [2.75, 3.05) is 26.2 Å². The van der Waals surface area contributed by atoms with Gasteiger partial charge in [-0.05, 0) is 36.5 Å². The van der Waals surface area contributed by atoms with Crippen LogP contribution in [-0.2, 0) is 12.8 Å². The lowest BCUT2D eigenvalue weighted by atomic mass is 9.89. The predicted octanol–water partition coefficient (Wildman–Crippen LogP) is 1.98. The third-order valence-electron chi connectivity index (χ3n) is 4.55. The summed E-state index contributed by atoms with van der Waals surface area (Å²) in [5, 5.41) is 0. The Labute approximate surface area is 115 Å². The summed E-state index contributed by atoms with van der Waals surface area (Å²) in [5.74, 6) is 1.11. The summed E-state index contributed by atoms with van der Waals surface area (Å²) in [7, 11) is 0. The SMILES string of the molecule is CCc1ccc2c(c1)CCC1(CCN(CCN)C1)O2. The first-order chi connectivity index (χ1) is 9.24. The number of ether oxygens (including phenoxy) is 1. The van der Waals surface area contributed by atoms with E-state index in [1.165, 1.54) is 11.1 Å². The first kappa shape index (κ1) is 12.9. The first-order valence-corrected chi connectivity index (χ1v) is 7.48. The van der Waals surface area contributed by atoms with Gasteiger partial charge in [0.15, 0.2) is 0 Å². The molecule has 0 aromatic heterocycles. The molecule has 104 valence electrons. The number of hydrogen-bond donors (Lipinski definition) is 1. The fourth-order valence-corrected chi connectivity index (χ4v) is 3.38. The maximum atomic E-state index is 6.37. The molecule has 2 N–H and O–H groups in total. The van der Waals surface area contributed by atoms with E-state index in [2.05, 4.69) is 30.0 Å². The van der Waals surface area contributed by atoms with E-state index in [0.717, 1.165) is 57.6 Å². The minimum Gasteiger partial charge on any atom is -0.486 e. The lowest BCUT2D eigenvalue weighted by molar-refractivity contribution is 0.0548. The van der Waals surface area contributed by atoms with Crippen molar-refractivity contribution in [3.63, 3.8) is 0 Å². The highest BCUT2D eigenvalue weighted by atomic mass is 16.5. The normalized spacial score (nSPS) is 26.4. The Morgan fingerprint density at radius 2 is 2.26 bits per heavy atom. The first-order valence-electron chi connectivity index (χ1n) is 7.48. The Balaban J connectivity index is 1.75. The van der Waals surface area contributed by atoms with Gasteiger partial charge in [-0.15, -0.1) is 0 Å². The van der Waals surface area contributed by atoms with Gasteiger partial charge in [-0.3, -0.25) is 4.90 Å². The zero-order chi connectivity index (χ0) is 13.3. The van der Waals surface area contributed by atoms with Crippen molar-refractivity contribution in [1.82, 2.24) is 4.90 Å². The predicted molar refractivity (Wildman–Crippen MR) is 77.6 cm³/mol. The van der Waals surface area contributed by atoms with Crippen molar-refractivity contribution in [2.24, 2.45) is 5.73 Å². The second-order valence-corrected chi connectivity index (χ2v) is 5.90. The van der Waals surface area contributed by atoms with E-state index in [0.29, 0.717) is 0 Å². The Morgan fingerprint density at radius 3 is 3.05 bits per heavy atom. The fraction of sp³-hybridized carbons (Fsp3) is 0.625. The molecule has 1 fully saturated rings. The van der Waals surface area contributed by atoms with E-state index in [1.54, 1.807) is 0 Å². The average Bonchev–Trinajstić information content (AvgIpc) is 2.81. The van der Waals surface area contributed by atoms with Gasteiger partial charge >= 0.3 is 0 Å². The second kappa shape index (κ2) is 5.14. The molecule has 19 heavy (non-hydrogen) atoms. The van der Waals surface area contributed by atoms with Gasteiger partial charge in [0, 0.05) is 32.6 Å². The van der Waals surface area contributed by atoms with Crippen LogP contribution in [0.25, 0.3) is 0 Å². The second-order valence-electron chi connectivity index (χ2n) is 5.90. The van der Waals surface area contributed by atoms with Crippen molar-refractivity contribution in [2.45, 2.75) is 38.2 Å². The minimum atomic E-state index is 0.0515. The van der Waals surface area contributed by atoms with Crippen molar-refractivity contribution in [3.8, 4) is 5.75 Å². The maximum Gasteiger partial charge on any atom is 0.123 e. The monoisotopic (exact) mass is 260 g/mol. The van der Waals surface area contributed by atoms with Crippen LogP contribution in [-0.4, -0.2) is 36.7 Å². The molecular formula is C16H24N2O. The molecule has 1 atom stereocenters. The molecular weight excluding hydrogens is 236 g/mol. The van der Waals surface area contributed by atoms with Gasteiger partial charge in [0.25, 0.3) is 0 Å². The minimum absolute atomic E-state index is 0.0515. The Morgan fingerprint density at radius 1 is 1.37 bits per heavy atom. The average molecular weight is 260 g/mol. The highest BCUT2D eigenvalue weighted by Gasteiger charge is 2.42. The molecule has 2 aliphatic heterocycles. The number of nitrogens with two attached hydrogens (primary N) is 1. The number of aryl methyl sites for hydroxylation is 2. The van der Waals surface area contributed by atoms with Crippen LogP contribution in [0.4, 0.5) is 0 Å². The molecule has 1 unspecified atom stereocenters. The summed E-state index contributed by atoms with van der Waals surface area (Å²) in [6.45, 7) is 6.10. The van der Waals surface area contributed by atoms with Gasteiger partial charge in [0.1, 0.15) is 11.4 Å². The molecule has 2 heterocycles. The van der Waals surface area contributed by atoms with Crippen molar-refractivity contribution in [1.29, 1.82) is 0 Å². The molecule has 3 nitrogen and oxygen atoms in total. The summed E-state index contributed by atoms with van der Waals surface area (Å²) in [6.07, 6.45) is 4.54. The van der Waals surface area contributed by atoms with E-state index < -0.39 is 0 Å². The van der Waals surface area contributed by atoms with Crippen LogP contribution in [0.15, 0.2) is 18.2 Å².